The summed E-state index contributed by atoms with van der Waals surface area (Å²) in [6.07, 6.45) is 5.83. The van der Waals surface area contributed by atoms with Crippen LogP contribution in [0.1, 0.15) is 56.8 Å². The van der Waals surface area contributed by atoms with Crippen molar-refractivity contribution in [1.29, 1.82) is 0 Å². The van der Waals surface area contributed by atoms with Gasteiger partial charge in [-0.25, -0.2) is 0 Å². The Morgan fingerprint density at radius 2 is 1.77 bits per heavy atom. The van der Waals surface area contributed by atoms with Crippen LogP contribution in [0.15, 0.2) is 36.5 Å². The van der Waals surface area contributed by atoms with Gasteiger partial charge in [-0.15, -0.1) is 0 Å². The van der Waals surface area contributed by atoms with Gasteiger partial charge in [-0.2, -0.15) is 0 Å². The number of nitrogens with zero attached hydrogens (tertiary/aromatic N) is 3. The van der Waals surface area contributed by atoms with Gasteiger partial charge in [0.25, 0.3) is 5.91 Å². The van der Waals surface area contributed by atoms with Gasteiger partial charge in [0.1, 0.15) is 0 Å². The van der Waals surface area contributed by atoms with E-state index >= 15 is 0 Å². The Balaban J connectivity index is 1.34. The fraction of sp³-hybridized carbons (Fsp3) is 0.458. The number of aromatic nitrogens is 1. The number of rotatable bonds is 8. The van der Waals surface area contributed by atoms with Crippen molar-refractivity contribution in [2.75, 3.05) is 32.7 Å². The van der Waals surface area contributed by atoms with E-state index in [2.05, 4.69) is 22.9 Å². The molecule has 0 radical (unpaired) electrons. The molecule has 2 aromatic rings. The van der Waals surface area contributed by atoms with Crippen LogP contribution in [0.25, 0.3) is 0 Å². The van der Waals surface area contributed by atoms with Crippen LogP contribution in [0.2, 0.25) is 0 Å². The first-order chi connectivity index (χ1) is 14.4. The number of unbranched alkanes of at least 4 members (excludes halogenated alkanes) is 2. The van der Waals surface area contributed by atoms with Gasteiger partial charge in [0, 0.05) is 43.6 Å². The van der Waals surface area contributed by atoms with Crippen molar-refractivity contribution >= 4 is 11.8 Å². The number of aryl methyl sites for hydroxylation is 3. The van der Waals surface area contributed by atoms with Gasteiger partial charge in [-0.1, -0.05) is 24.1 Å². The third kappa shape index (κ3) is 5.89. The van der Waals surface area contributed by atoms with Gasteiger partial charge in [-0.05, 0) is 63.4 Å². The van der Waals surface area contributed by atoms with Gasteiger partial charge in [-0.3, -0.25) is 19.5 Å². The maximum atomic E-state index is 12.8. The summed E-state index contributed by atoms with van der Waals surface area (Å²) in [4.78, 5) is 32.6. The van der Waals surface area contributed by atoms with Crippen LogP contribution in [-0.4, -0.2) is 59.3 Å². The highest BCUT2D eigenvalue weighted by Gasteiger charge is 2.22. The lowest BCUT2D eigenvalue weighted by atomic mass is 10.0. The highest BCUT2D eigenvalue weighted by molar-refractivity contribution is 5.95. The van der Waals surface area contributed by atoms with Crippen LogP contribution in [0.4, 0.5) is 0 Å². The molecule has 0 bridgehead atoms. The molecule has 2 heterocycles. The molecule has 30 heavy (non-hydrogen) atoms. The third-order valence-electron chi connectivity index (χ3n) is 5.79. The number of piperazine rings is 1. The molecule has 0 spiro atoms. The minimum atomic E-state index is -0.440. The Hall–Kier alpha value is -2.73. The van der Waals surface area contributed by atoms with E-state index in [0.717, 1.165) is 75.2 Å². The summed E-state index contributed by atoms with van der Waals surface area (Å²) in [6, 6.07) is 9.66. The van der Waals surface area contributed by atoms with E-state index in [4.69, 9.17) is 5.73 Å². The molecule has 0 saturated carbocycles. The lowest BCUT2D eigenvalue weighted by Crippen LogP contribution is -2.49. The van der Waals surface area contributed by atoms with Gasteiger partial charge < -0.3 is 10.6 Å². The van der Waals surface area contributed by atoms with Crippen LogP contribution in [0.3, 0.4) is 0 Å². The second-order valence-electron chi connectivity index (χ2n) is 8.17. The second-order valence-corrected chi connectivity index (χ2v) is 8.17. The molecule has 2 N–H and O–H groups in total. The van der Waals surface area contributed by atoms with Crippen molar-refractivity contribution in [2.45, 2.75) is 39.5 Å². The van der Waals surface area contributed by atoms with Crippen LogP contribution >= 0.6 is 0 Å². The average Bonchev–Trinajstić information content (AvgIpc) is 2.74. The highest BCUT2D eigenvalue weighted by atomic mass is 16.2. The molecule has 1 fully saturated rings. The molecule has 160 valence electrons. The van der Waals surface area contributed by atoms with E-state index in [9.17, 15) is 9.59 Å². The number of hydrogen-bond donors (Lipinski definition) is 1. The molecule has 2 amide bonds. The van der Waals surface area contributed by atoms with E-state index in [0.29, 0.717) is 5.56 Å². The first kappa shape index (κ1) is 22.0. The molecular formula is C24H32N4O2. The quantitative estimate of drug-likeness (QED) is 0.681. The second kappa shape index (κ2) is 10.3. The van der Waals surface area contributed by atoms with Crippen molar-refractivity contribution in [2.24, 2.45) is 5.73 Å². The summed E-state index contributed by atoms with van der Waals surface area (Å²) in [5, 5.41) is 0. The van der Waals surface area contributed by atoms with Gasteiger partial charge >= 0.3 is 0 Å². The maximum absolute atomic E-state index is 12.8. The summed E-state index contributed by atoms with van der Waals surface area (Å²) >= 11 is 0. The lowest BCUT2D eigenvalue weighted by Gasteiger charge is -2.35. The van der Waals surface area contributed by atoms with Crippen LogP contribution in [-0.2, 0) is 6.42 Å². The number of carbonyl (C=O) groups is 2. The molecule has 0 atom stereocenters. The predicted molar refractivity (Wildman–Crippen MR) is 119 cm³/mol. The minimum Gasteiger partial charge on any atom is -0.366 e. The molecule has 1 aliphatic rings. The summed E-state index contributed by atoms with van der Waals surface area (Å²) in [5.74, 6) is -0.285. The first-order valence-corrected chi connectivity index (χ1v) is 10.8. The van der Waals surface area contributed by atoms with Gasteiger partial charge in [0.05, 0.1) is 5.56 Å². The largest absolute Gasteiger partial charge is 0.366 e. The average molecular weight is 409 g/mol. The molecule has 6 heteroatoms. The van der Waals surface area contributed by atoms with Crippen LogP contribution < -0.4 is 5.73 Å². The third-order valence-corrected chi connectivity index (χ3v) is 5.79. The Bertz CT molecular complexity index is 871. The van der Waals surface area contributed by atoms with E-state index < -0.39 is 5.91 Å². The van der Waals surface area contributed by atoms with Crippen LogP contribution in [0, 0.1) is 13.8 Å². The summed E-state index contributed by atoms with van der Waals surface area (Å²) < 4.78 is 0. The molecule has 3 rings (SSSR count). The maximum Gasteiger partial charge on any atom is 0.254 e. The summed E-state index contributed by atoms with van der Waals surface area (Å²) in [6.45, 7) is 8.60. The smallest absolute Gasteiger partial charge is 0.254 e. The monoisotopic (exact) mass is 408 g/mol. The highest BCUT2D eigenvalue weighted by Crippen LogP contribution is 2.15. The van der Waals surface area contributed by atoms with Gasteiger partial charge in [0.2, 0.25) is 5.91 Å². The number of amides is 2. The van der Waals surface area contributed by atoms with Crippen LogP contribution in [0.5, 0.6) is 0 Å². The minimum absolute atomic E-state index is 0.155. The molecule has 1 aromatic carbocycles. The Morgan fingerprint density at radius 3 is 2.40 bits per heavy atom. The Labute approximate surface area is 179 Å². The van der Waals surface area contributed by atoms with Crippen molar-refractivity contribution in [1.82, 2.24) is 14.8 Å². The zero-order valence-electron chi connectivity index (χ0n) is 18.1. The van der Waals surface area contributed by atoms with E-state index in [1.165, 1.54) is 5.56 Å². The summed E-state index contributed by atoms with van der Waals surface area (Å²) in [7, 11) is 0. The molecule has 0 unspecified atom stereocenters. The predicted octanol–water partition coefficient (Wildman–Crippen LogP) is 2.97. The summed E-state index contributed by atoms with van der Waals surface area (Å²) in [5.41, 5.74) is 9.76. The zero-order chi connectivity index (χ0) is 21.5. The van der Waals surface area contributed by atoms with Gasteiger partial charge in [0.15, 0.2) is 0 Å². The van der Waals surface area contributed by atoms with Crippen molar-refractivity contribution < 1.29 is 9.59 Å². The molecular weight excluding hydrogens is 376 g/mol. The van der Waals surface area contributed by atoms with E-state index in [1.54, 1.807) is 12.3 Å². The van der Waals surface area contributed by atoms with Crippen molar-refractivity contribution in [3.05, 3.63) is 64.5 Å². The molecule has 1 aliphatic heterocycles. The number of carbonyl (C=O) groups excluding carboxylic acids is 2. The van der Waals surface area contributed by atoms with Crippen molar-refractivity contribution in [3.8, 4) is 0 Å². The number of nitrogens with two attached hydrogens (primary N) is 1. The number of benzene rings is 1. The standard InChI is InChI=1S/C24H32N4O2/c1-18-7-10-22(19(2)16-18)24(30)28-14-12-27(13-15-28)11-5-3-4-6-21-9-8-20(17-26-21)23(25)29/h7-10,16-17H,3-6,11-15H2,1-2H3,(H2,25,29). The first-order valence-electron chi connectivity index (χ1n) is 10.8. The SMILES string of the molecule is Cc1ccc(C(=O)N2CCN(CCCCCc3ccc(C(N)=O)cn3)CC2)c(C)c1. The normalized spacial score (nSPS) is 14.7. The number of hydrogen-bond acceptors (Lipinski definition) is 4. The Morgan fingerprint density at radius 1 is 1.00 bits per heavy atom. The number of primary amides is 1. The topological polar surface area (TPSA) is 79.5 Å². The fourth-order valence-corrected chi connectivity index (χ4v) is 3.93. The van der Waals surface area contributed by atoms with Crippen molar-refractivity contribution in [3.63, 3.8) is 0 Å². The molecule has 6 nitrogen and oxygen atoms in total. The fourth-order valence-electron chi connectivity index (χ4n) is 3.93. The van der Waals surface area contributed by atoms with E-state index in [1.807, 2.05) is 30.0 Å². The lowest BCUT2D eigenvalue weighted by molar-refractivity contribution is 0.0634. The number of pyridine rings is 1. The molecule has 0 aliphatic carbocycles. The molecule has 1 aromatic heterocycles. The zero-order valence-corrected chi connectivity index (χ0v) is 18.1. The molecule has 1 saturated heterocycles. The van der Waals surface area contributed by atoms with E-state index in [-0.39, 0.29) is 5.91 Å². The Kier molecular flexibility index (Phi) is 7.57.